The van der Waals surface area contributed by atoms with Gasteiger partial charge in [0.25, 0.3) is 5.91 Å². The molecule has 4 N–H and O–H groups in total. The topological polar surface area (TPSA) is 81.6 Å². The Balaban J connectivity index is 0.00000312. The lowest BCUT2D eigenvalue weighted by atomic mass is 10.0. The average molecular weight is 365 g/mol. The molecule has 1 amide bonds. The van der Waals surface area contributed by atoms with E-state index in [1.165, 1.54) is 12.1 Å². The van der Waals surface area contributed by atoms with Crippen molar-refractivity contribution < 1.29 is 15.0 Å². The van der Waals surface area contributed by atoms with Gasteiger partial charge in [-0.1, -0.05) is 50.2 Å². The average Bonchev–Trinajstić information content (AvgIpc) is 2.58. The van der Waals surface area contributed by atoms with Crippen LogP contribution < -0.4 is 10.6 Å². The molecular weight excluding hydrogens is 340 g/mol. The van der Waals surface area contributed by atoms with Crippen LogP contribution in [0, 0.1) is 0 Å². The number of hydrogen-bond acceptors (Lipinski definition) is 4. The second kappa shape index (κ2) is 10.0. The molecule has 0 aliphatic carbocycles. The highest BCUT2D eigenvalue weighted by Crippen LogP contribution is 2.22. The summed E-state index contributed by atoms with van der Waals surface area (Å²) in [6.07, 6.45) is -0.742. The van der Waals surface area contributed by atoms with Crippen LogP contribution in [0.15, 0.2) is 48.5 Å². The lowest BCUT2D eigenvalue weighted by Crippen LogP contribution is -2.28. The molecule has 2 rings (SSSR count). The number of carbonyl (C=O) groups is 1. The Bertz CT molecular complexity index is 678. The fourth-order valence-corrected chi connectivity index (χ4v) is 2.28. The molecule has 0 bridgehead atoms. The van der Waals surface area contributed by atoms with Gasteiger partial charge in [0.15, 0.2) is 0 Å². The highest BCUT2D eigenvalue weighted by Gasteiger charge is 2.15. The highest BCUT2D eigenvalue weighted by molar-refractivity contribution is 5.97. The fraction of sp³-hybridized carbons (Fsp3) is 0.316. The molecule has 0 aliphatic heterocycles. The van der Waals surface area contributed by atoms with Gasteiger partial charge in [-0.15, -0.1) is 12.4 Å². The first-order valence-corrected chi connectivity index (χ1v) is 8.04. The minimum atomic E-state index is -0.742. The van der Waals surface area contributed by atoms with Gasteiger partial charge in [0.1, 0.15) is 5.75 Å². The molecule has 136 valence electrons. The molecule has 1 unspecified atom stereocenters. The number of aromatic hydroxyl groups is 1. The molecule has 6 heteroatoms. The molecular formula is C19H25ClN2O3. The summed E-state index contributed by atoms with van der Waals surface area (Å²) in [6.45, 7) is 4.74. The van der Waals surface area contributed by atoms with Crippen molar-refractivity contribution in [1.29, 1.82) is 0 Å². The molecule has 0 radical (unpaired) electrons. The van der Waals surface area contributed by atoms with Crippen molar-refractivity contribution in [3.63, 3.8) is 0 Å². The first-order chi connectivity index (χ1) is 11.5. The summed E-state index contributed by atoms with van der Waals surface area (Å²) >= 11 is 0. The first-order valence-electron chi connectivity index (χ1n) is 8.04. The molecule has 2 aromatic carbocycles. The number of halogens is 1. The SMILES string of the molecule is CC(C)NCC(O)c1ccc(O)c(C(=O)NCc2ccccc2)c1.Cl. The molecule has 0 fully saturated rings. The first kappa shape index (κ1) is 21.0. The Morgan fingerprint density at radius 3 is 2.44 bits per heavy atom. The van der Waals surface area contributed by atoms with E-state index in [1.54, 1.807) is 6.07 Å². The van der Waals surface area contributed by atoms with E-state index in [4.69, 9.17) is 0 Å². The van der Waals surface area contributed by atoms with Gasteiger partial charge in [0.2, 0.25) is 0 Å². The number of aliphatic hydroxyl groups is 1. The van der Waals surface area contributed by atoms with Crippen molar-refractivity contribution >= 4 is 18.3 Å². The van der Waals surface area contributed by atoms with Gasteiger partial charge >= 0.3 is 0 Å². The van der Waals surface area contributed by atoms with Gasteiger partial charge in [-0.3, -0.25) is 4.79 Å². The minimum absolute atomic E-state index is 0. The van der Waals surface area contributed by atoms with Crippen LogP contribution in [0.1, 0.15) is 41.4 Å². The number of hydrogen-bond donors (Lipinski definition) is 4. The molecule has 0 aliphatic rings. The molecule has 25 heavy (non-hydrogen) atoms. The third kappa shape index (κ3) is 6.38. The second-order valence-corrected chi connectivity index (χ2v) is 6.02. The van der Waals surface area contributed by atoms with Crippen molar-refractivity contribution in [3.05, 3.63) is 65.2 Å². The summed E-state index contributed by atoms with van der Waals surface area (Å²) in [5, 5.41) is 26.1. The number of amides is 1. The fourth-order valence-electron chi connectivity index (χ4n) is 2.28. The number of aliphatic hydroxyl groups excluding tert-OH is 1. The maximum atomic E-state index is 12.3. The lowest BCUT2D eigenvalue weighted by Gasteiger charge is -2.16. The molecule has 0 saturated heterocycles. The summed E-state index contributed by atoms with van der Waals surface area (Å²) in [4.78, 5) is 12.3. The van der Waals surface area contributed by atoms with Crippen LogP contribution in [0.4, 0.5) is 0 Å². The summed E-state index contributed by atoms with van der Waals surface area (Å²) in [7, 11) is 0. The normalized spacial score (nSPS) is 11.7. The number of rotatable bonds is 7. The van der Waals surface area contributed by atoms with Gasteiger partial charge < -0.3 is 20.8 Å². The third-order valence-electron chi connectivity index (χ3n) is 3.67. The van der Waals surface area contributed by atoms with Gasteiger partial charge in [-0.25, -0.2) is 0 Å². The summed E-state index contributed by atoms with van der Waals surface area (Å²) in [5.41, 5.74) is 1.72. The van der Waals surface area contributed by atoms with Crippen molar-refractivity contribution in [2.45, 2.75) is 32.5 Å². The number of carbonyl (C=O) groups excluding carboxylic acids is 1. The Morgan fingerprint density at radius 2 is 1.80 bits per heavy atom. The zero-order valence-electron chi connectivity index (χ0n) is 14.4. The van der Waals surface area contributed by atoms with E-state index in [1.807, 2.05) is 44.2 Å². The zero-order valence-corrected chi connectivity index (χ0v) is 15.2. The number of benzene rings is 2. The number of nitrogens with one attached hydrogen (secondary N) is 2. The quantitative estimate of drug-likeness (QED) is 0.609. The van der Waals surface area contributed by atoms with E-state index < -0.39 is 6.10 Å². The summed E-state index contributed by atoms with van der Waals surface area (Å²) in [6, 6.07) is 14.4. The second-order valence-electron chi connectivity index (χ2n) is 6.02. The Labute approximate surface area is 154 Å². The van der Waals surface area contributed by atoms with Crippen LogP contribution in [0.3, 0.4) is 0 Å². The van der Waals surface area contributed by atoms with Crippen molar-refractivity contribution in [1.82, 2.24) is 10.6 Å². The van der Waals surface area contributed by atoms with Crippen molar-refractivity contribution in [2.24, 2.45) is 0 Å². The lowest BCUT2D eigenvalue weighted by molar-refractivity contribution is 0.0947. The Kier molecular flexibility index (Phi) is 8.41. The zero-order chi connectivity index (χ0) is 17.5. The van der Waals surface area contributed by atoms with E-state index in [9.17, 15) is 15.0 Å². The van der Waals surface area contributed by atoms with Crippen LogP contribution in [0.2, 0.25) is 0 Å². The monoisotopic (exact) mass is 364 g/mol. The standard InChI is InChI=1S/C19H24N2O3.ClH/c1-13(2)20-12-18(23)15-8-9-17(22)16(10-15)19(24)21-11-14-6-4-3-5-7-14;/h3-10,13,18,20,22-23H,11-12H2,1-2H3,(H,21,24);1H. The van der Waals surface area contributed by atoms with E-state index in [0.29, 0.717) is 18.7 Å². The smallest absolute Gasteiger partial charge is 0.255 e. The number of phenolic OH excluding ortho intramolecular Hbond substituents is 1. The molecule has 1 atom stereocenters. The van der Waals surface area contributed by atoms with Crippen LogP contribution in [0.5, 0.6) is 5.75 Å². The van der Waals surface area contributed by atoms with Crippen LogP contribution in [0.25, 0.3) is 0 Å². The van der Waals surface area contributed by atoms with E-state index in [0.717, 1.165) is 5.56 Å². The minimum Gasteiger partial charge on any atom is -0.507 e. The van der Waals surface area contributed by atoms with Gasteiger partial charge in [0.05, 0.1) is 11.7 Å². The summed E-state index contributed by atoms with van der Waals surface area (Å²) in [5.74, 6) is -0.476. The molecule has 2 aromatic rings. The predicted octanol–water partition coefficient (Wildman–Crippen LogP) is 2.78. The van der Waals surface area contributed by atoms with Crippen molar-refractivity contribution in [2.75, 3.05) is 6.54 Å². The number of phenols is 1. The van der Waals surface area contributed by atoms with Gasteiger partial charge in [-0.05, 0) is 23.3 Å². The molecule has 0 heterocycles. The Morgan fingerprint density at radius 1 is 1.12 bits per heavy atom. The summed E-state index contributed by atoms with van der Waals surface area (Å²) < 4.78 is 0. The van der Waals surface area contributed by atoms with Crippen LogP contribution in [-0.4, -0.2) is 28.7 Å². The largest absolute Gasteiger partial charge is 0.507 e. The maximum absolute atomic E-state index is 12.3. The van der Waals surface area contributed by atoms with Crippen LogP contribution in [-0.2, 0) is 6.54 Å². The Hall–Kier alpha value is -2.08. The third-order valence-corrected chi connectivity index (χ3v) is 3.67. The van der Waals surface area contributed by atoms with E-state index in [-0.39, 0.29) is 35.7 Å². The van der Waals surface area contributed by atoms with E-state index in [2.05, 4.69) is 10.6 Å². The molecule has 0 spiro atoms. The predicted molar refractivity (Wildman–Crippen MR) is 101 cm³/mol. The molecule has 0 saturated carbocycles. The highest BCUT2D eigenvalue weighted by atomic mass is 35.5. The maximum Gasteiger partial charge on any atom is 0.255 e. The van der Waals surface area contributed by atoms with E-state index >= 15 is 0 Å². The van der Waals surface area contributed by atoms with Crippen LogP contribution >= 0.6 is 12.4 Å². The van der Waals surface area contributed by atoms with Gasteiger partial charge in [0, 0.05) is 19.1 Å². The van der Waals surface area contributed by atoms with Crippen molar-refractivity contribution in [3.8, 4) is 5.75 Å². The molecule has 5 nitrogen and oxygen atoms in total. The van der Waals surface area contributed by atoms with Gasteiger partial charge in [-0.2, -0.15) is 0 Å². The molecule has 0 aromatic heterocycles.